The van der Waals surface area contributed by atoms with E-state index in [1.54, 1.807) is 11.8 Å². The number of allylic oxidation sites excluding steroid dienone is 3. The van der Waals surface area contributed by atoms with E-state index >= 15 is 0 Å². The molecule has 0 aromatic heterocycles. The molecule has 1 aliphatic heterocycles. The SMILES string of the molecule is CC(=O)N1CCC(NCC2CC2)=C(C(=N)NC2=CCC(c3cccc(C(C)(C)N=O)c3)C=C2)C1. The van der Waals surface area contributed by atoms with E-state index in [-0.39, 0.29) is 11.8 Å². The van der Waals surface area contributed by atoms with Crippen LogP contribution in [0.25, 0.3) is 0 Å². The highest BCUT2D eigenvalue weighted by atomic mass is 16.3. The fourth-order valence-electron chi connectivity index (χ4n) is 4.43. The molecule has 1 saturated carbocycles. The molecule has 0 bridgehead atoms. The van der Waals surface area contributed by atoms with E-state index in [4.69, 9.17) is 5.41 Å². The van der Waals surface area contributed by atoms with Crippen molar-refractivity contribution >= 4 is 11.7 Å². The van der Waals surface area contributed by atoms with Crippen LogP contribution in [0.3, 0.4) is 0 Å². The number of hydrogen-bond donors (Lipinski definition) is 3. The number of amidine groups is 1. The minimum Gasteiger partial charge on any atom is -0.388 e. The maximum atomic E-state index is 12.0. The van der Waals surface area contributed by atoms with Crippen LogP contribution < -0.4 is 10.6 Å². The van der Waals surface area contributed by atoms with Crippen LogP contribution in [0, 0.1) is 16.2 Å². The smallest absolute Gasteiger partial charge is 0.219 e. The Hall–Kier alpha value is -3.22. The number of nitrogens with zero attached hydrogens (tertiary/aromatic N) is 2. The van der Waals surface area contributed by atoms with Gasteiger partial charge in [-0.15, -0.1) is 4.91 Å². The Morgan fingerprint density at radius 3 is 2.74 bits per heavy atom. The van der Waals surface area contributed by atoms with Gasteiger partial charge < -0.3 is 15.5 Å². The predicted octanol–water partition coefficient (Wildman–Crippen LogP) is 4.69. The summed E-state index contributed by atoms with van der Waals surface area (Å²) in [5.74, 6) is 1.34. The number of amides is 1. The summed E-state index contributed by atoms with van der Waals surface area (Å²) in [6, 6.07) is 8.06. The molecule has 7 heteroatoms. The number of benzene rings is 1. The number of carbonyl (C=O) groups excluding carboxylic acids is 1. The molecule has 7 nitrogen and oxygen atoms in total. The third kappa shape index (κ3) is 5.64. The Labute approximate surface area is 201 Å². The molecule has 1 atom stereocenters. The molecule has 180 valence electrons. The van der Waals surface area contributed by atoms with Gasteiger partial charge in [0.1, 0.15) is 11.4 Å². The first-order chi connectivity index (χ1) is 16.3. The average molecular weight is 462 g/mol. The minimum atomic E-state index is -0.751. The molecule has 0 saturated heterocycles. The largest absolute Gasteiger partial charge is 0.388 e. The van der Waals surface area contributed by atoms with E-state index in [2.05, 4.69) is 40.1 Å². The van der Waals surface area contributed by atoms with Gasteiger partial charge in [-0.3, -0.25) is 10.2 Å². The van der Waals surface area contributed by atoms with Crippen LogP contribution >= 0.6 is 0 Å². The number of nitrogens with one attached hydrogen (secondary N) is 3. The normalized spacial score (nSPS) is 20.6. The van der Waals surface area contributed by atoms with Crippen LogP contribution in [-0.4, -0.2) is 36.3 Å². The highest BCUT2D eigenvalue weighted by Crippen LogP contribution is 2.31. The first kappa shape index (κ1) is 23.9. The maximum absolute atomic E-state index is 12.0. The monoisotopic (exact) mass is 461 g/mol. The first-order valence-corrected chi connectivity index (χ1v) is 12.2. The van der Waals surface area contributed by atoms with Crippen molar-refractivity contribution in [3.8, 4) is 0 Å². The zero-order valence-electron chi connectivity index (χ0n) is 20.4. The summed E-state index contributed by atoms with van der Waals surface area (Å²) in [6.45, 7) is 7.34. The standard InChI is InChI=1S/C27H35N5O2/c1-18(33)32-14-13-25(29-16-19-7-8-19)24(17-32)26(28)30-23-11-9-20(10-12-23)21-5-4-6-22(15-21)27(2,3)31-34/h4-6,9,11-12,15,19-20,29H,7-8,10,13-14,16-17H2,1-3H3,(H2,28,30). The van der Waals surface area contributed by atoms with E-state index in [1.165, 1.54) is 12.8 Å². The van der Waals surface area contributed by atoms with Crippen molar-refractivity contribution in [3.63, 3.8) is 0 Å². The van der Waals surface area contributed by atoms with Crippen molar-refractivity contribution in [3.05, 3.63) is 75.5 Å². The van der Waals surface area contributed by atoms with E-state index in [9.17, 15) is 9.70 Å². The van der Waals surface area contributed by atoms with Gasteiger partial charge in [-0.2, -0.15) is 0 Å². The lowest BCUT2D eigenvalue weighted by molar-refractivity contribution is -0.128. The molecule has 3 N–H and O–H groups in total. The molecule has 1 heterocycles. The Balaban J connectivity index is 1.43. The average Bonchev–Trinajstić information content (AvgIpc) is 3.67. The van der Waals surface area contributed by atoms with Gasteiger partial charge in [-0.1, -0.05) is 41.6 Å². The van der Waals surface area contributed by atoms with Crippen LogP contribution in [0.15, 0.2) is 64.6 Å². The lowest BCUT2D eigenvalue weighted by atomic mass is 9.87. The number of hydrogen-bond acceptors (Lipinski definition) is 5. The second kappa shape index (κ2) is 9.95. The van der Waals surface area contributed by atoms with Gasteiger partial charge in [0.05, 0.1) is 6.54 Å². The molecular weight excluding hydrogens is 426 g/mol. The Bertz CT molecular complexity index is 1060. The van der Waals surface area contributed by atoms with Gasteiger partial charge in [0.25, 0.3) is 0 Å². The van der Waals surface area contributed by atoms with Crippen molar-refractivity contribution in [1.29, 1.82) is 5.41 Å². The summed E-state index contributed by atoms with van der Waals surface area (Å²) in [5, 5.41) is 18.8. The van der Waals surface area contributed by atoms with E-state index in [0.717, 1.165) is 53.4 Å². The zero-order valence-corrected chi connectivity index (χ0v) is 20.4. The van der Waals surface area contributed by atoms with Gasteiger partial charge >= 0.3 is 0 Å². The fraction of sp³-hybridized carbons (Fsp3) is 0.481. The molecule has 2 aliphatic carbocycles. The Morgan fingerprint density at radius 2 is 2.09 bits per heavy atom. The molecule has 1 aromatic carbocycles. The van der Waals surface area contributed by atoms with Gasteiger partial charge in [0.2, 0.25) is 5.91 Å². The third-order valence-corrected chi connectivity index (χ3v) is 7.01. The number of nitroso groups, excluding NO2 is 1. The van der Waals surface area contributed by atoms with Crippen LogP contribution in [0.5, 0.6) is 0 Å². The topological polar surface area (TPSA) is 97.7 Å². The summed E-state index contributed by atoms with van der Waals surface area (Å²) in [4.78, 5) is 25.0. The molecule has 1 unspecified atom stereocenters. The third-order valence-electron chi connectivity index (χ3n) is 7.01. The van der Waals surface area contributed by atoms with Crippen LogP contribution in [0.1, 0.15) is 63.5 Å². The van der Waals surface area contributed by atoms with Crippen molar-refractivity contribution < 1.29 is 4.79 Å². The minimum absolute atomic E-state index is 0.0429. The van der Waals surface area contributed by atoms with Crippen molar-refractivity contribution in [2.24, 2.45) is 11.1 Å². The molecule has 3 aliphatic rings. The first-order valence-electron chi connectivity index (χ1n) is 12.2. The van der Waals surface area contributed by atoms with Crippen molar-refractivity contribution in [2.45, 2.75) is 57.9 Å². The molecule has 0 radical (unpaired) electrons. The van der Waals surface area contributed by atoms with E-state index < -0.39 is 5.54 Å². The summed E-state index contributed by atoms with van der Waals surface area (Å²) in [6.07, 6.45) is 10.4. The second-order valence-corrected chi connectivity index (χ2v) is 10.1. The summed E-state index contributed by atoms with van der Waals surface area (Å²) >= 11 is 0. The Morgan fingerprint density at radius 1 is 1.29 bits per heavy atom. The molecule has 34 heavy (non-hydrogen) atoms. The van der Waals surface area contributed by atoms with Gasteiger partial charge in [-0.25, -0.2) is 0 Å². The Kier molecular flexibility index (Phi) is 7.00. The van der Waals surface area contributed by atoms with Gasteiger partial charge in [0, 0.05) is 49.3 Å². The molecule has 1 aromatic rings. The molecule has 1 fully saturated rings. The van der Waals surface area contributed by atoms with E-state index in [1.807, 2.05) is 32.1 Å². The summed E-state index contributed by atoms with van der Waals surface area (Å²) < 4.78 is 0. The molecule has 4 rings (SSSR count). The van der Waals surface area contributed by atoms with Crippen LogP contribution in [-0.2, 0) is 10.3 Å². The van der Waals surface area contributed by atoms with E-state index in [0.29, 0.717) is 18.9 Å². The van der Waals surface area contributed by atoms with Crippen LogP contribution in [0.2, 0.25) is 0 Å². The predicted molar refractivity (Wildman–Crippen MR) is 135 cm³/mol. The van der Waals surface area contributed by atoms with Gasteiger partial charge in [-0.05, 0) is 56.2 Å². The zero-order chi connectivity index (χ0) is 24.3. The lowest BCUT2D eigenvalue weighted by Gasteiger charge is -2.31. The molecule has 0 spiro atoms. The maximum Gasteiger partial charge on any atom is 0.219 e. The highest BCUT2D eigenvalue weighted by molar-refractivity contribution is 5.99. The number of rotatable bonds is 8. The highest BCUT2D eigenvalue weighted by Gasteiger charge is 2.27. The van der Waals surface area contributed by atoms with Crippen molar-refractivity contribution in [2.75, 3.05) is 19.6 Å². The van der Waals surface area contributed by atoms with Crippen LogP contribution in [0.4, 0.5) is 0 Å². The van der Waals surface area contributed by atoms with Crippen molar-refractivity contribution in [1.82, 2.24) is 15.5 Å². The summed E-state index contributed by atoms with van der Waals surface area (Å²) in [5.41, 5.74) is 4.15. The second-order valence-electron chi connectivity index (χ2n) is 10.1. The molecule has 1 amide bonds. The lowest BCUT2D eigenvalue weighted by Crippen LogP contribution is -2.42. The fourth-order valence-corrected chi connectivity index (χ4v) is 4.43. The van der Waals surface area contributed by atoms with Gasteiger partial charge in [0.15, 0.2) is 0 Å². The number of carbonyl (C=O) groups is 1. The summed E-state index contributed by atoms with van der Waals surface area (Å²) in [7, 11) is 0. The molecular formula is C27H35N5O2. The quantitative estimate of drug-likeness (QED) is 0.297.